The molecular formula is C33H20N4O. The molecule has 0 bridgehead atoms. The van der Waals surface area contributed by atoms with Crippen LogP contribution in [0.5, 0.6) is 0 Å². The Bertz CT molecular complexity index is 2070. The number of para-hydroxylation sites is 2. The Morgan fingerprint density at radius 2 is 1.08 bits per heavy atom. The predicted molar refractivity (Wildman–Crippen MR) is 152 cm³/mol. The molecule has 0 saturated heterocycles. The van der Waals surface area contributed by atoms with Crippen molar-refractivity contribution in [2.24, 2.45) is 0 Å². The zero-order chi connectivity index (χ0) is 25.1. The van der Waals surface area contributed by atoms with Crippen molar-refractivity contribution in [3.63, 3.8) is 0 Å². The van der Waals surface area contributed by atoms with E-state index < -0.39 is 0 Å². The number of fused-ring (bicyclic) bond motifs is 7. The van der Waals surface area contributed by atoms with E-state index in [9.17, 15) is 0 Å². The first kappa shape index (κ1) is 20.9. The molecule has 3 aromatic heterocycles. The van der Waals surface area contributed by atoms with Gasteiger partial charge in [-0.25, -0.2) is 4.98 Å². The molecule has 0 N–H and O–H groups in total. The lowest BCUT2D eigenvalue weighted by molar-refractivity contribution is 0.669. The lowest BCUT2D eigenvalue weighted by atomic mass is 10.1. The van der Waals surface area contributed by atoms with Crippen molar-refractivity contribution in [1.29, 1.82) is 0 Å². The third kappa shape index (κ3) is 3.09. The average Bonchev–Trinajstić information content (AvgIpc) is 3.53. The normalized spacial score (nSPS) is 11.7. The Kier molecular flexibility index (Phi) is 4.45. The van der Waals surface area contributed by atoms with Crippen molar-refractivity contribution >= 4 is 43.7 Å². The first-order valence-corrected chi connectivity index (χ1v) is 12.6. The van der Waals surface area contributed by atoms with Crippen molar-refractivity contribution < 1.29 is 4.42 Å². The van der Waals surface area contributed by atoms with Gasteiger partial charge in [0.15, 0.2) is 11.6 Å². The van der Waals surface area contributed by atoms with Gasteiger partial charge in [0.2, 0.25) is 5.95 Å². The minimum absolute atomic E-state index is 0.571. The summed E-state index contributed by atoms with van der Waals surface area (Å²) < 4.78 is 8.43. The van der Waals surface area contributed by atoms with Crippen LogP contribution in [0.3, 0.4) is 0 Å². The van der Waals surface area contributed by atoms with Crippen LogP contribution in [-0.4, -0.2) is 19.5 Å². The lowest BCUT2D eigenvalue weighted by Gasteiger charge is -2.11. The zero-order valence-corrected chi connectivity index (χ0v) is 20.2. The molecule has 0 aliphatic heterocycles. The summed E-state index contributed by atoms with van der Waals surface area (Å²) in [4.78, 5) is 15.0. The molecule has 5 nitrogen and oxygen atoms in total. The van der Waals surface area contributed by atoms with Crippen LogP contribution in [0.15, 0.2) is 126 Å². The number of aromatic nitrogens is 4. The molecule has 0 aliphatic rings. The fourth-order valence-electron chi connectivity index (χ4n) is 5.37. The number of rotatable bonds is 3. The molecule has 0 spiro atoms. The van der Waals surface area contributed by atoms with Crippen molar-refractivity contribution in [3.05, 3.63) is 121 Å². The smallest absolute Gasteiger partial charge is 0.238 e. The van der Waals surface area contributed by atoms with Crippen molar-refractivity contribution in [2.45, 2.75) is 0 Å². The second-order valence-electron chi connectivity index (χ2n) is 9.30. The Hall–Kier alpha value is -5.29. The molecule has 0 radical (unpaired) electrons. The van der Waals surface area contributed by atoms with E-state index in [2.05, 4.69) is 47.0 Å². The van der Waals surface area contributed by atoms with Gasteiger partial charge >= 0.3 is 0 Å². The van der Waals surface area contributed by atoms with Gasteiger partial charge in [-0.05, 0) is 24.3 Å². The lowest BCUT2D eigenvalue weighted by Crippen LogP contribution is -2.06. The Morgan fingerprint density at radius 1 is 0.474 bits per heavy atom. The summed E-state index contributed by atoms with van der Waals surface area (Å²) in [7, 11) is 0. The van der Waals surface area contributed by atoms with Crippen molar-refractivity contribution in [2.75, 3.05) is 0 Å². The number of hydrogen-bond donors (Lipinski definition) is 0. The minimum Gasteiger partial charge on any atom is -0.456 e. The molecule has 0 unspecified atom stereocenters. The molecule has 178 valence electrons. The monoisotopic (exact) mass is 488 g/mol. The largest absolute Gasteiger partial charge is 0.456 e. The number of hydrogen-bond acceptors (Lipinski definition) is 4. The van der Waals surface area contributed by atoms with E-state index in [1.807, 2.05) is 78.9 Å². The molecule has 8 rings (SSSR count). The molecule has 5 aromatic carbocycles. The van der Waals surface area contributed by atoms with Gasteiger partial charge in [-0.3, -0.25) is 4.57 Å². The first-order valence-electron chi connectivity index (χ1n) is 12.6. The van der Waals surface area contributed by atoms with Crippen LogP contribution in [0.2, 0.25) is 0 Å². The van der Waals surface area contributed by atoms with Gasteiger partial charge in [0.05, 0.1) is 16.4 Å². The maximum atomic E-state index is 6.27. The highest BCUT2D eigenvalue weighted by atomic mass is 16.3. The molecular weight excluding hydrogens is 468 g/mol. The minimum atomic E-state index is 0.571. The average molecular weight is 489 g/mol. The summed E-state index contributed by atoms with van der Waals surface area (Å²) in [6, 6.07) is 40.9. The Morgan fingerprint density at radius 3 is 1.79 bits per heavy atom. The van der Waals surface area contributed by atoms with Crippen LogP contribution in [0, 0.1) is 0 Å². The van der Waals surface area contributed by atoms with Gasteiger partial charge in [-0.1, -0.05) is 97.1 Å². The topological polar surface area (TPSA) is 56.7 Å². The second kappa shape index (κ2) is 8.11. The molecule has 0 atom stereocenters. The second-order valence-corrected chi connectivity index (χ2v) is 9.30. The summed E-state index contributed by atoms with van der Waals surface area (Å²) in [5, 5.41) is 4.38. The van der Waals surface area contributed by atoms with E-state index in [1.165, 1.54) is 0 Å². The van der Waals surface area contributed by atoms with Crippen LogP contribution in [0.4, 0.5) is 0 Å². The van der Waals surface area contributed by atoms with Crippen LogP contribution in [-0.2, 0) is 0 Å². The standard InChI is InChI=1S/C33H20N4O/c1-3-11-21(12-4-1)31-34-32(22-13-5-2-6-14-22)36-33(35-31)37-26-17-9-7-15-23(26)24-19-20-28-29(30(24)37)25-16-8-10-18-27(25)38-28/h1-20H. The maximum Gasteiger partial charge on any atom is 0.238 e. The number of benzene rings is 5. The van der Waals surface area contributed by atoms with Crippen LogP contribution >= 0.6 is 0 Å². The summed E-state index contributed by atoms with van der Waals surface area (Å²) in [6.07, 6.45) is 0. The van der Waals surface area contributed by atoms with Gasteiger partial charge in [0.25, 0.3) is 0 Å². The van der Waals surface area contributed by atoms with Gasteiger partial charge in [0, 0.05) is 27.3 Å². The fourth-order valence-corrected chi connectivity index (χ4v) is 5.37. The van der Waals surface area contributed by atoms with E-state index in [1.54, 1.807) is 0 Å². The maximum absolute atomic E-state index is 6.27. The Labute approximate surface area is 217 Å². The third-order valence-corrected chi connectivity index (χ3v) is 7.06. The van der Waals surface area contributed by atoms with E-state index in [0.717, 1.165) is 54.9 Å². The molecule has 0 fully saturated rings. The van der Waals surface area contributed by atoms with Gasteiger partial charge in [-0.15, -0.1) is 0 Å². The van der Waals surface area contributed by atoms with Gasteiger partial charge < -0.3 is 4.42 Å². The van der Waals surface area contributed by atoms with Crippen LogP contribution in [0.25, 0.3) is 72.5 Å². The molecule has 0 amide bonds. The summed E-state index contributed by atoms with van der Waals surface area (Å²) in [6.45, 7) is 0. The highest BCUT2D eigenvalue weighted by Crippen LogP contribution is 2.40. The van der Waals surface area contributed by atoms with Crippen molar-refractivity contribution in [1.82, 2.24) is 19.5 Å². The molecule has 8 aromatic rings. The van der Waals surface area contributed by atoms with E-state index in [0.29, 0.717) is 17.6 Å². The molecule has 38 heavy (non-hydrogen) atoms. The van der Waals surface area contributed by atoms with E-state index >= 15 is 0 Å². The van der Waals surface area contributed by atoms with Gasteiger partial charge in [0.1, 0.15) is 11.2 Å². The fraction of sp³-hybridized carbons (Fsp3) is 0. The molecule has 5 heteroatoms. The highest BCUT2D eigenvalue weighted by molar-refractivity contribution is 6.24. The molecule has 3 heterocycles. The quantitative estimate of drug-likeness (QED) is 0.251. The van der Waals surface area contributed by atoms with Crippen molar-refractivity contribution in [3.8, 4) is 28.7 Å². The zero-order valence-electron chi connectivity index (χ0n) is 20.2. The molecule has 0 saturated carbocycles. The predicted octanol–water partition coefficient (Wildman–Crippen LogP) is 8.20. The summed E-state index contributed by atoms with van der Waals surface area (Å²) in [5.74, 6) is 1.83. The Balaban J connectivity index is 1.54. The van der Waals surface area contributed by atoms with Crippen LogP contribution < -0.4 is 0 Å². The number of nitrogens with zero attached hydrogens (tertiary/aromatic N) is 4. The summed E-state index contributed by atoms with van der Waals surface area (Å²) >= 11 is 0. The summed E-state index contributed by atoms with van der Waals surface area (Å²) in [5.41, 5.74) is 5.63. The van der Waals surface area contributed by atoms with Gasteiger partial charge in [-0.2, -0.15) is 9.97 Å². The van der Waals surface area contributed by atoms with Crippen LogP contribution in [0.1, 0.15) is 0 Å². The first-order chi connectivity index (χ1) is 18.8. The highest BCUT2D eigenvalue weighted by Gasteiger charge is 2.21. The molecule has 0 aliphatic carbocycles. The third-order valence-electron chi connectivity index (χ3n) is 7.06. The SMILES string of the molecule is c1ccc(-c2nc(-c3ccccc3)nc(-n3c4ccccc4c4ccc5oc6ccccc6c5c43)n2)cc1. The van der Waals surface area contributed by atoms with E-state index in [4.69, 9.17) is 19.4 Å². The van der Waals surface area contributed by atoms with E-state index in [-0.39, 0.29) is 0 Å². The number of furan rings is 1.